The number of fused-ring (bicyclic) bond motifs is 1. The van der Waals surface area contributed by atoms with E-state index in [9.17, 15) is 4.79 Å². The number of thiophene rings is 1. The number of methoxy groups -OCH3 is 1. The average molecular weight is 419 g/mol. The van der Waals surface area contributed by atoms with E-state index in [-0.39, 0.29) is 11.9 Å². The van der Waals surface area contributed by atoms with E-state index in [2.05, 4.69) is 10.3 Å². The van der Waals surface area contributed by atoms with E-state index in [1.165, 1.54) is 11.3 Å². The normalized spacial score (nSPS) is 11.8. The van der Waals surface area contributed by atoms with Gasteiger partial charge in [-0.25, -0.2) is 0 Å². The summed E-state index contributed by atoms with van der Waals surface area (Å²) in [6.07, 6.45) is 3.47. The molecular formula is C24H22N2O3S. The number of aromatic nitrogens is 1. The second-order valence-electron chi connectivity index (χ2n) is 6.90. The van der Waals surface area contributed by atoms with Gasteiger partial charge in [-0.15, -0.1) is 11.3 Å². The molecule has 2 aromatic carbocycles. The summed E-state index contributed by atoms with van der Waals surface area (Å²) in [5.41, 5.74) is 1.97. The molecule has 2 heterocycles. The lowest BCUT2D eigenvalue weighted by atomic mass is 10.1. The van der Waals surface area contributed by atoms with E-state index in [0.717, 1.165) is 21.2 Å². The zero-order chi connectivity index (χ0) is 20.9. The van der Waals surface area contributed by atoms with Gasteiger partial charge in [0.25, 0.3) is 5.91 Å². The molecule has 0 saturated heterocycles. The zero-order valence-corrected chi connectivity index (χ0v) is 17.6. The van der Waals surface area contributed by atoms with E-state index >= 15 is 0 Å². The van der Waals surface area contributed by atoms with Crippen molar-refractivity contribution in [2.75, 3.05) is 7.11 Å². The third kappa shape index (κ3) is 4.44. The summed E-state index contributed by atoms with van der Waals surface area (Å²) in [6, 6.07) is 19.3. The molecule has 0 saturated carbocycles. The Morgan fingerprint density at radius 1 is 1.07 bits per heavy atom. The second-order valence-corrected chi connectivity index (χ2v) is 7.98. The molecule has 1 N–H and O–H groups in total. The Morgan fingerprint density at radius 2 is 1.87 bits per heavy atom. The summed E-state index contributed by atoms with van der Waals surface area (Å²) in [5, 5.41) is 4.15. The van der Waals surface area contributed by atoms with Crippen LogP contribution >= 0.6 is 11.3 Å². The Hall–Kier alpha value is -3.38. The van der Waals surface area contributed by atoms with Crippen molar-refractivity contribution in [2.45, 2.75) is 19.6 Å². The highest BCUT2D eigenvalue weighted by Crippen LogP contribution is 2.31. The molecule has 0 radical (unpaired) electrons. The molecule has 2 aromatic heterocycles. The van der Waals surface area contributed by atoms with Crippen LogP contribution in [0.3, 0.4) is 0 Å². The van der Waals surface area contributed by atoms with Crippen molar-refractivity contribution in [1.82, 2.24) is 10.3 Å². The smallest absolute Gasteiger partial charge is 0.261 e. The van der Waals surface area contributed by atoms with Crippen molar-refractivity contribution < 1.29 is 14.3 Å². The van der Waals surface area contributed by atoms with E-state index in [0.29, 0.717) is 23.0 Å². The Balaban J connectivity index is 1.45. The molecule has 0 aliphatic carbocycles. The van der Waals surface area contributed by atoms with Crippen molar-refractivity contribution >= 4 is 27.3 Å². The number of carbonyl (C=O) groups excluding carboxylic acids is 1. The summed E-state index contributed by atoms with van der Waals surface area (Å²) in [4.78, 5) is 17.4. The highest BCUT2D eigenvalue weighted by Gasteiger charge is 2.16. The number of hydrogen-bond acceptors (Lipinski definition) is 5. The summed E-state index contributed by atoms with van der Waals surface area (Å²) in [7, 11) is 1.61. The fraction of sp³-hybridized carbons (Fsp3) is 0.167. The first kappa shape index (κ1) is 19.9. The first-order valence-electron chi connectivity index (χ1n) is 9.63. The largest absolute Gasteiger partial charge is 0.493 e. The molecule has 0 unspecified atom stereocenters. The highest BCUT2D eigenvalue weighted by atomic mass is 32.1. The lowest BCUT2D eigenvalue weighted by Gasteiger charge is -2.17. The first-order chi connectivity index (χ1) is 14.6. The molecule has 0 aliphatic rings. The van der Waals surface area contributed by atoms with E-state index in [4.69, 9.17) is 9.47 Å². The monoisotopic (exact) mass is 418 g/mol. The minimum Gasteiger partial charge on any atom is -0.493 e. The molecule has 1 atom stereocenters. The molecule has 152 valence electrons. The van der Waals surface area contributed by atoms with Gasteiger partial charge in [0, 0.05) is 17.1 Å². The van der Waals surface area contributed by atoms with Gasteiger partial charge in [0.2, 0.25) is 0 Å². The highest BCUT2D eigenvalue weighted by molar-refractivity contribution is 7.20. The lowest BCUT2D eigenvalue weighted by molar-refractivity contribution is 0.0944. The minimum absolute atomic E-state index is 0.0827. The number of ether oxygens (including phenoxy) is 2. The molecule has 4 aromatic rings. The molecular weight excluding hydrogens is 396 g/mol. The van der Waals surface area contributed by atoms with Crippen molar-refractivity contribution in [1.29, 1.82) is 0 Å². The van der Waals surface area contributed by atoms with Crippen molar-refractivity contribution in [3.63, 3.8) is 0 Å². The summed E-state index contributed by atoms with van der Waals surface area (Å²) in [5.74, 6) is 1.20. The number of carbonyl (C=O) groups is 1. The summed E-state index contributed by atoms with van der Waals surface area (Å²) >= 11 is 1.50. The van der Waals surface area contributed by atoms with E-state index in [1.54, 1.807) is 19.5 Å². The van der Waals surface area contributed by atoms with Gasteiger partial charge in [-0.05, 0) is 59.8 Å². The van der Waals surface area contributed by atoms with Gasteiger partial charge in [0.05, 0.1) is 18.0 Å². The average Bonchev–Trinajstić information content (AvgIpc) is 3.23. The zero-order valence-electron chi connectivity index (χ0n) is 16.8. The van der Waals surface area contributed by atoms with Gasteiger partial charge in [0.15, 0.2) is 11.5 Å². The Kier molecular flexibility index (Phi) is 5.95. The predicted molar refractivity (Wildman–Crippen MR) is 119 cm³/mol. The number of benzene rings is 2. The lowest BCUT2D eigenvalue weighted by Crippen LogP contribution is -2.25. The van der Waals surface area contributed by atoms with Gasteiger partial charge in [0.1, 0.15) is 6.61 Å². The van der Waals surface area contributed by atoms with E-state index in [1.807, 2.05) is 67.6 Å². The van der Waals surface area contributed by atoms with Crippen molar-refractivity contribution in [2.24, 2.45) is 0 Å². The predicted octanol–water partition coefficient (Wildman–Crippen LogP) is 5.37. The third-order valence-electron chi connectivity index (χ3n) is 4.83. The molecule has 6 heteroatoms. The quantitative estimate of drug-likeness (QED) is 0.438. The molecule has 5 nitrogen and oxygen atoms in total. The topological polar surface area (TPSA) is 60.5 Å². The fourth-order valence-corrected chi connectivity index (χ4v) is 4.12. The van der Waals surface area contributed by atoms with Gasteiger partial charge >= 0.3 is 0 Å². The first-order valence-corrected chi connectivity index (χ1v) is 10.4. The van der Waals surface area contributed by atoms with Crippen LogP contribution in [0.5, 0.6) is 11.5 Å². The summed E-state index contributed by atoms with van der Waals surface area (Å²) in [6.45, 7) is 2.38. The SMILES string of the molecule is COc1cc([C@H](C)NC(=O)c2cc3ccccc3s2)ccc1OCc1ccncc1. The number of nitrogens with zero attached hydrogens (tertiary/aromatic N) is 1. The third-order valence-corrected chi connectivity index (χ3v) is 5.94. The number of amides is 1. The molecule has 1 amide bonds. The van der Waals surface area contributed by atoms with Crippen LogP contribution in [0, 0.1) is 0 Å². The van der Waals surface area contributed by atoms with Gasteiger partial charge in [-0.3, -0.25) is 9.78 Å². The maximum Gasteiger partial charge on any atom is 0.261 e. The van der Waals surface area contributed by atoms with Gasteiger partial charge in [-0.1, -0.05) is 24.3 Å². The van der Waals surface area contributed by atoms with Gasteiger partial charge < -0.3 is 14.8 Å². The molecule has 30 heavy (non-hydrogen) atoms. The van der Waals surface area contributed by atoms with Crippen LogP contribution < -0.4 is 14.8 Å². The number of rotatable bonds is 7. The maximum atomic E-state index is 12.7. The second kappa shape index (κ2) is 8.97. The van der Waals surface area contributed by atoms with Crippen LogP contribution in [0.25, 0.3) is 10.1 Å². The van der Waals surface area contributed by atoms with Crippen molar-refractivity contribution in [3.05, 3.63) is 89.1 Å². The van der Waals surface area contributed by atoms with Crippen LogP contribution in [-0.4, -0.2) is 18.0 Å². The Bertz CT molecular complexity index is 1120. The Morgan fingerprint density at radius 3 is 2.63 bits per heavy atom. The summed E-state index contributed by atoms with van der Waals surface area (Å²) < 4.78 is 12.5. The maximum absolute atomic E-state index is 12.7. The minimum atomic E-state index is -0.175. The van der Waals surface area contributed by atoms with Gasteiger partial charge in [-0.2, -0.15) is 0 Å². The van der Waals surface area contributed by atoms with Crippen LogP contribution in [0.2, 0.25) is 0 Å². The standard InChI is InChI=1S/C24H22N2O3S/c1-16(26-24(27)23-14-19-5-3-4-6-22(19)30-23)18-7-8-20(21(13-18)28-2)29-15-17-9-11-25-12-10-17/h3-14,16H,15H2,1-2H3,(H,26,27)/t16-/m0/s1. The van der Waals surface area contributed by atoms with Crippen LogP contribution in [0.4, 0.5) is 0 Å². The molecule has 0 aliphatic heterocycles. The van der Waals surface area contributed by atoms with Crippen molar-refractivity contribution in [3.8, 4) is 11.5 Å². The number of pyridine rings is 1. The van der Waals surface area contributed by atoms with Crippen LogP contribution in [0.15, 0.2) is 73.1 Å². The molecule has 0 bridgehead atoms. The molecule has 0 spiro atoms. The molecule has 0 fully saturated rings. The van der Waals surface area contributed by atoms with Crippen LogP contribution in [-0.2, 0) is 6.61 Å². The number of nitrogens with one attached hydrogen (secondary N) is 1. The fourth-order valence-electron chi connectivity index (χ4n) is 3.16. The van der Waals surface area contributed by atoms with Crippen LogP contribution in [0.1, 0.15) is 33.8 Å². The Labute approximate surface area is 179 Å². The number of hydrogen-bond donors (Lipinski definition) is 1. The van der Waals surface area contributed by atoms with E-state index < -0.39 is 0 Å². The molecule has 4 rings (SSSR count).